The van der Waals surface area contributed by atoms with E-state index in [1.54, 1.807) is 30.2 Å². The lowest BCUT2D eigenvalue weighted by atomic mass is 10.3. The van der Waals surface area contributed by atoms with Gasteiger partial charge in [-0.05, 0) is 12.1 Å². The van der Waals surface area contributed by atoms with Crippen molar-refractivity contribution < 1.29 is 4.74 Å². The third-order valence-corrected chi connectivity index (χ3v) is 2.25. The molecule has 0 saturated carbocycles. The lowest BCUT2D eigenvalue weighted by molar-refractivity contribution is 0.414. The van der Waals surface area contributed by atoms with E-state index in [0.717, 1.165) is 17.1 Å². The van der Waals surface area contributed by atoms with E-state index < -0.39 is 0 Å². The Morgan fingerprint density at radius 1 is 1.38 bits per heavy atom. The molecular formula is C9H8N2OS. The Morgan fingerprint density at radius 2 is 2.31 bits per heavy atom. The fourth-order valence-corrected chi connectivity index (χ4v) is 1.61. The van der Waals surface area contributed by atoms with Crippen molar-refractivity contribution in [1.29, 1.82) is 0 Å². The zero-order valence-electron chi connectivity index (χ0n) is 7.10. The summed E-state index contributed by atoms with van der Waals surface area (Å²) in [5.41, 5.74) is 3.44. The average molecular weight is 192 g/mol. The van der Waals surface area contributed by atoms with Gasteiger partial charge in [0.25, 0.3) is 0 Å². The molecule has 0 radical (unpaired) electrons. The fourth-order valence-electron chi connectivity index (χ4n) is 1.08. The average Bonchev–Trinajstić information content (AvgIpc) is 2.70. The number of nitrogens with zero attached hydrogens (tertiary/aromatic N) is 2. The minimum absolute atomic E-state index is 0.758. The molecule has 2 aromatic heterocycles. The molecule has 3 nitrogen and oxygen atoms in total. The van der Waals surface area contributed by atoms with Crippen LogP contribution < -0.4 is 4.74 Å². The molecule has 0 fully saturated rings. The van der Waals surface area contributed by atoms with Crippen LogP contribution in [0.15, 0.2) is 29.2 Å². The van der Waals surface area contributed by atoms with Crippen molar-refractivity contribution in [3.63, 3.8) is 0 Å². The summed E-state index contributed by atoms with van der Waals surface area (Å²) in [6.07, 6.45) is 1.73. The lowest BCUT2D eigenvalue weighted by Gasteiger charge is -2.03. The number of hydrogen-bond donors (Lipinski definition) is 0. The molecule has 0 aliphatic heterocycles. The van der Waals surface area contributed by atoms with Crippen molar-refractivity contribution >= 4 is 11.3 Å². The maximum Gasteiger partial charge on any atom is 0.146 e. The first-order chi connectivity index (χ1) is 6.42. The second-order valence-corrected chi connectivity index (χ2v) is 3.15. The highest BCUT2D eigenvalue weighted by atomic mass is 32.1. The minimum Gasteiger partial charge on any atom is -0.494 e. The quantitative estimate of drug-likeness (QED) is 0.731. The van der Waals surface area contributed by atoms with Crippen molar-refractivity contribution in [2.24, 2.45) is 0 Å². The highest BCUT2D eigenvalue weighted by Crippen LogP contribution is 2.26. The third kappa shape index (κ3) is 1.53. The molecular weight excluding hydrogens is 184 g/mol. The number of rotatable bonds is 2. The van der Waals surface area contributed by atoms with Crippen LogP contribution >= 0.6 is 11.3 Å². The molecule has 0 spiro atoms. The highest BCUT2D eigenvalue weighted by molar-refractivity contribution is 7.07. The predicted molar refractivity (Wildman–Crippen MR) is 51.9 cm³/mol. The van der Waals surface area contributed by atoms with Crippen LogP contribution in [0.1, 0.15) is 0 Å². The summed E-state index contributed by atoms with van der Waals surface area (Å²) < 4.78 is 5.17. The molecule has 0 aliphatic rings. The molecule has 13 heavy (non-hydrogen) atoms. The normalized spacial score (nSPS) is 9.92. The Bertz CT molecular complexity index is 386. The van der Waals surface area contributed by atoms with Gasteiger partial charge >= 0.3 is 0 Å². The van der Waals surface area contributed by atoms with E-state index in [-0.39, 0.29) is 0 Å². The van der Waals surface area contributed by atoms with Gasteiger partial charge < -0.3 is 4.74 Å². The first-order valence-electron chi connectivity index (χ1n) is 3.79. The molecule has 0 N–H and O–H groups in total. The summed E-state index contributed by atoms with van der Waals surface area (Å²) in [7, 11) is 1.63. The smallest absolute Gasteiger partial charge is 0.146 e. The maximum absolute atomic E-state index is 5.17. The largest absolute Gasteiger partial charge is 0.494 e. The Balaban J connectivity index is 2.51. The molecule has 0 saturated heterocycles. The van der Waals surface area contributed by atoms with Crippen LogP contribution in [0.3, 0.4) is 0 Å². The maximum atomic E-state index is 5.17. The molecule has 66 valence electrons. The van der Waals surface area contributed by atoms with Gasteiger partial charge in [0, 0.05) is 11.6 Å². The van der Waals surface area contributed by atoms with E-state index >= 15 is 0 Å². The minimum atomic E-state index is 0.758. The van der Waals surface area contributed by atoms with Crippen LogP contribution in [-0.2, 0) is 0 Å². The molecule has 0 aromatic carbocycles. The third-order valence-electron chi connectivity index (χ3n) is 1.67. The SMILES string of the molecule is COc1cccnc1-c1cscn1. The molecule has 0 atom stereocenters. The molecule has 2 aromatic rings. The molecule has 0 amide bonds. The molecule has 0 unspecified atom stereocenters. The Labute approximate surface area is 80.0 Å². The van der Waals surface area contributed by atoms with E-state index in [1.165, 1.54) is 0 Å². The van der Waals surface area contributed by atoms with Crippen LogP contribution in [0.2, 0.25) is 0 Å². The van der Waals surface area contributed by atoms with E-state index in [9.17, 15) is 0 Å². The number of thiazole rings is 1. The molecule has 2 heterocycles. The monoisotopic (exact) mass is 192 g/mol. The van der Waals surface area contributed by atoms with E-state index in [0.29, 0.717) is 0 Å². The van der Waals surface area contributed by atoms with Gasteiger partial charge in [0.1, 0.15) is 17.1 Å². The number of ether oxygens (including phenoxy) is 1. The molecule has 4 heteroatoms. The second kappa shape index (κ2) is 3.53. The van der Waals surface area contributed by atoms with Gasteiger partial charge in [0.2, 0.25) is 0 Å². The molecule has 2 rings (SSSR count). The van der Waals surface area contributed by atoms with E-state index in [1.807, 2.05) is 17.5 Å². The first-order valence-corrected chi connectivity index (χ1v) is 4.73. The Morgan fingerprint density at radius 3 is 3.00 bits per heavy atom. The summed E-state index contributed by atoms with van der Waals surface area (Å²) >= 11 is 1.55. The lowest BCUT2D eigenvalue weighted by Crippen LogP contribution is -1.90. The second-order valence-electron chi connectivity index (χ2n) is 2.43. The topological polar surface area (TPSA) is 35.0 Å². The number of methoxy groups -OCH3 is 1. The first kappa shape index (κ1) is 8.19. The summed E-state index contributed by atoms with van der Waals surface area (Å²) in [4.78, 5) is 8.38. The van der Waals surface area contributed by atoms with Crippen molar-refractivity contribution in [1.82, 2.24) is 9.97 Å². The summed E-state index contributed by atoms with van der Waals surface area (Å²) in [5, 5.41) is 1.95. The van der Waals surface area contributed by atoms with Gasteiger partial charge in [-0.2, -0.15) is 0 Å². The fraction of sp³-hybridized carbons (Fsp3) is 0.111. The van der Waals surface area contributed by atoms with E-state index in [2.05, 4.69) is 9.97 Å². The van der Waals surface area contributed by atoms with Gasteiger partial charge in [-0.25, -0.2) is 4.98 Å². The van der Waals surface area contributed by atoms with Gasteiger partial charge in [0.15, 0.2) is 0 Å². The summed E-state index contributed by atoms with van der Waals surface area (Å²) in [6, 6.07) is 3.72. The number of pyridine rings is 1. The van der Waals surface area contributed by atoms with Gasteiger partial charge in [0.05, 0.1) is 12.6 Å². The van der Waals surface area contributed by atoms with Crippen LogP contribution in [0.25, 0.3) is 11.4 Å². The van der Waals surface area contributed by atoms with Crippen LogP contribution in [0.4, 0.5) is 0 Å². The predicted octanol–water partition coefficient (Wildman–Crippen LogP) is 2.21. The molecule has 0 bridgehead atoms. The van der Waals surface area contributed by atoms with E-state index in [4.69, 9.17) is 4.74 Å². The van der Waals surface area contributed by atoms with Crippen LogP contribution in [0.5, 0.6) is 5.75 Å². The standard InChI is InChI=1S/C9H8N2OS/c1-12-8-3-2-4-10-9(8)7-5-13-6-11-7/h2-6H,1H3. The van der Waals surface area contributed by atoms with Gasteiger partial charge in [-0.1, -0.05) is 0 Å². The Kier molecular flexibility index (Phi) is 2.23. The summed E-state index contributed by atoms with van der Waals surface area (Å²) in [5.74, 6) is 0.758. The van der Waals surface area contributed by atoms with Gasteiger partial charge in [-0.3, -0.25) is 4.98 Å². The molecule has 0 aliphatic carbocycles. The zero-order valence-corrected chi connectivity index (χ0v) is 7.91. The van der Waals surface area contributed by atoms with Crippen molar-refractivity contribution in [2.75, 3.05) is 7.11 Å². The van der Waals surface area contributed by atoms with Gasteiger partial charge in [-0.15, -0.1) is 11.3 Å². The van der Waals surface area contributed by atoms with Crippen LogP contribution in [0, 0.1) is 0 Å². The number of aromatic nitrogens is 2. The van der Waals surface area contributed by atoms with Crippen molar-refractivity contribution in [3.8, 4) is 17.1 Å². The zero-order chi connectivity index (χ0) is 9.10. The van der Waals surface area contributed by atoms with Crippen molar-refractivity contribution in [3.05, 3.63) is 29.2 Å². The van der Waals surface area contributed by atoms with Crippen LogP contribution in [-0.4, -0.2) is 17.1 Å². The Hall–Kier alpha value is -1.42. The summed E-state index contributed by atoms with van der Waals surface area (Å²) in [6.45, 7) is 0. The van der Waals surface area contributed by atoms with Crippen molar-refractivity contribution in [2.45, 2.75) is 0 Å². The number of hydrogen-bond acceptors (Lipinski definition) is 4. The highest BCUT2D eigenvalue weighted by Gasteiger charge is 2.07.